The number of hydrogen-bond donors (Lipinski definition) is 1. The van der Waals surface area contributed by atoms with E-state index in [-0.39, 0.29) is 30.4 Å². The largest absolute Gasteiger partial charge is 0.370 e. The number of likely N-dealkylation sites (tertiary alicyclic amines) is 1. The first kappa shape index (κ1) is 17.3. The van der Waals surface area contributed by atoms with Gasteiger partial charge in [0, 0.05) is 19.0 Å². The van der Waals surface area contributed by atoms with Gasteiger partial charge in [0.15, 0.2) is 0 Å². The molecule has 2 aliphatic rings. The second-order valence-electron chi connectivity index (χ2n) is 6.74. The Bertz CT molecular complexity index is 378. The van der Waals surface area contributed by atoms with Crippen LogP contribution in [-0.4, -0.2) is 41.5 Å². The van der Waals surface area contributed by atoms with E-state index < -0.39 is 6.10 Å². The van der Waals surface area contributed by atoms with Crippen molar-refractivity contribution < 1.29 is 14.3 Å². The van der Waals surface area contributed by atoms with Crippen molar-refractivity contribution in [3.05, 3.63) is 0 Å². The third kappa shape index (κ3) is 4.97. The fraction of sp³-hybridized carbons (Fsp3) is 0.882. The average molecular weight is 310 g/mol. The van der Waals surface area contributed by atoms with Gasteiger partial charge < -0.3 is 15.4 Å². The van der Waals surface area contributed by atoms with Crippen molar-refractivity contribution in [2.45, 2.75) is 89.4 Å². The molecule has 1 saturated carbocycles. The van der Waals surface area contributed by atoms with E-state index >= 15 is 0 Å². The van der Waals surface area contributed by atoms with Crippen molar-refractivity contribution in [2.24, 2.45) is 5.73 Å². The minimum absolute atomic E-state index is 0.0233. The standard InChI is InChI=1S/C17H30N2O3/c1-13(22-15-9-4-2-3-5-10-15)17(21)19-11-7-6-8-14(19)12-16(18)20/h13-15H,2-12H2,1H3,(H2,18,20)/t13-,14-/m1/s1. The molecule has 0 unspecified atom stereocenters. The van der Waals surface area contributed by atoms with Gasteiger partial charge in [0.2, 0.25) is 5.91 Å². The highest BCUT2D eigenvalue weighted by atomic mass is 16.5. The molecule has 0 radical (unpaired) electrons. The van der Waals surface area contributed by atoms with E-state index in [0.717, 1.165) is 38.6 Å². The predicted molar refractivity (Wildman–Crippen MR) is 85.2 cm³/mol. The van der Waals surface area contributed by atoms with Gasteiger partial charge in [-0.3, -0.25) is 9.59 Å². The summed E-state index contributed by atoms with van der Waals surface area (Å²) in [7, 11) is 0. The summed E-state index contributed by atoms with van der Waals surface area (Å²) in [5.41, 5.74) is 5.32. The quantitative estimate of drug-likeness (QED) is 0.792. The first-order valence-corrected chi connectivity index (χ1v) is 8.82. The summed E-state index contributed by atoms with van der Waals surface area (Å²) in [6.07, 6.45) is 10.0. The summed E-state index contributed by atoms with van der Waals surface area (Å²) in [6, 6.07) is -0.0427. The lowest BCUT2D eigenvalue weighted by atomic mass is 9.98. The third-order valence-electron chi connectivity index (χ3n) is 4.89. The van der Waals surface area contributed by atoms with Gasteiger partial charge in [0.25, 0.3) is 5.91 Å². The maximum atomic E-state index is 12.7. The van der Waals surface area contributed by atoms with E-state index in [0.29, 0.717) is 0 Å². The molecule has 0 aromatic rings. The molecule has 2 rings (SSSR count). The zero-order chi connectivity index (χ0) is 15.9. The molecular weight excluding hydrogens is 280 g/mol. The van der Waals surface area contributed by atoms with Crippen LogP contribution >= 0.6 is 0 Å². The minimum atomic E-state index is -0.420. The molecule has 1 saturated heterocycles. The number of nitrogens with two attached hydrogens (primary N) is 1. The van der Waals surface area contributed by atoms with Gasteiger partial charge in [-0.15, -0.1) is 0 Å². The highest BCUT2D eigenvalue weighted by molar-refractivity contribution is 5.82. The van der Waals surface area contributed by atoms with Crippen molar-refractivity contribution in [1.82, 2.24) is 4.90 Å². The summed E-state index contributed by atoms with van der Waals surface area (Å²) < 4.78 is 6.03. The molecule has 2 atom stereocenters. The molecule has 22 heavy (non-hydrogen) atoms. The fourth-order valence-electron chi connectivity index (χ4n) is 3.69. The predicted octanol–water partition coefficient (Wildman–Crippen LogP) is 2.37. The molecular formula is C17H30N2O3. The molecule has 2 N–H and O–H groups in total. The Hall–Kier alpha value is -1.10. The molecule has 0 bridgehead atoms. The number of hydrogen-bond acceptors (Lipinski definition) is 3. The Morgan fingerprint density at radius 1 is 1.09 bits per heavy atom. The van der Waals surface area contributed by atoms with Gasteiger partial charge in [0.05, 0.1) is 6.10 Å². The van der Waals surface area contributed by atoms with Crippen LogP contribution in [0.1, 0.15) is 71.1 Å². The second-order valence-corrected chi connectivity index (χ2v) is 6.74. The molecule has 5 heteroatoms. The van der Waals surface area contributed by atoms with Gasteiger partial charge in [-0.2, -0.15) is 0 Å². The lowest BCUT2D eigenvalue weighted by molar-refractivity contribution is -0.151. The van der Waals surface area contributed by atoms with Crippen LogP contribution in [0.5, 0.6) is 0 Å². The number of primary amides is 1. The molecule has 0 spiro atoms. The van der Waals surface area contributed by atoms with Crippen LogP contribution in [0.25, 0.3) is 0 Å². The van der Waals surface area contributed by atoms with Crippen LogP contribution in [0.4, 0.5) is 0 Å². The molecule has 0 aromatic carbocycles. The first-order chi connectivity index (χ1) is 10.6. The number of carbonyl (C=O) groups is 2. The summed E-state index contributed by atoms with van der Waals surface area (Å²) >= 11 is 0. The van der Waals surface area contributed by atoms with E-state index in [4.69, 9.17) is 10.5 Å². The first-order valence-electron chi connectivity index (χ1n) is 8.82. The normalized spacial score (nSPS) is 25.5. The number of amides is 2. The zero-order valence-electron chi connectivity index (χ0n) is 13.8. The van der Waals surface area contributed by atoms with E-state index in [2.05, 4.69) is 0 Å². The van der Waals surface area contributed by atoms with E-state index in [1.807, 2.05) is 11.8 Å². The summed E-state index contributed by atoms with van der Waals surface area (Å²) in [4.78, 5) is 25.7. The average Bonchev–Trinajstić information content (AvgIpc) is 2.75. The van der Waals surface area contributed by atoms with Crippen LogP contribution in [0.3, 0.4) is 0 Å². The molecule has 1 heterocycles. The van der Waals surface area contributed by atoms with Crippen molar-refractivity contribution in [1.29, 1.82) is 0 Å². The van der Waals surface area contributed by atoms with E-state index in [9.17, 15) is 9.59 Å². The number of nitrogens with zero attached hydrogens (tertiary/aromatic N) is 1. The van der Waals surface area contributed by atoms with Gasteiger partial charge in [0.1, 0.15) is 6.10 Å². The Morgan fingerprint density at radius 3 is 2.36 bits per heavy atom. The van der Waals surface area contributed by atoms with Crippen LogP contribution in [0.2, 0.25) is 0 Å². The minimum Gasteiger partial charge on any atom is -0.370 e. The second kappa shape index (κ2) is 8.51. The number of carbonyl (C=O) groups excluding carboxylic acids is 2. The lowest BCUT2D eigenvalue weighted by Crippen LogP contribution is -2.49. The summed E-state index contributed by atoms with van der Waals surface area (Å²) in [5, 5.41) is 0. The topological polar surface area (TPSA) is 72.6 Å². The molecule has 1 aliphatic carbocycles. The maximum absolute atomic E-state index is 12.7. The Balaban J connectivity index is 1.90. The number of rotatable bonds is 5. The van der Waals surface area contributed by atoms with Crippen LogP contribution in [0.15, 0.2) is 0 Å². The molecule has 2 amide bonds. The molecule has 2 fully saturated rings. The van der Waals surface area contributed by atoms with Crippen molar-refractivity contribution >= 4 is 11.8 Å². The van der Waals surface area contributed by atoms with Gasteiger partial charge in [-0.05, 0) is 39.0 Å². The van der Waals surface area contributed by atoms with Crippen molar-refractivity contribution in [3.8, 4) is 0 Å². The highest BCUT2D eigenvalue weighted by Gasteiger charge is 2.32. The maximum Gasteiger partial charge on any atom is 0.251 e. The summed E-state index contributed by atoms with van der Waals surface area (Å²) in [5.74, 6) is -0.308. The number of ether oxygens (including phenoxy) is 1. The van der Waals surface area contributed by atoms with Crippen LogP contribution in [-0.2, 0) is 14.3 Å². The van der Waals surface area contributed by atoms with Crippen molar-refractivity contribution in [3.63, 3.8) is 0 Å². The van der Waals surface area contributed by atoms with Gasteiger partial charge >= 0.3 is 0 Å². The Labute approximate surface area is 133 Å². The summed E-state index contributed by atoms with van der Waals surface area (Å²) in [6.45, 7) is 2.57. The lowest BCUT2D eigenvalue weighted by Gasteiger charge is -2.37. The molecule has 5 nitrogen and oxygen atoms in total. The van der Waals surface area contributed by atoms with E-state index in [1.54, 1.807) is 0 Å². The third-order valence-corrected chi connectivity index (χ3v) is 4.89. The van der Waals surface area contributed by atoms with Crippen molar-refractivity contribution in [2.75, 3.05) is 6.54 Å². The SMILES string of the molecule is C[C@@H](OC1CCCCCC1)C(=O)N1CCCC[C@@H]1CC(N)=O. The fourth-order valence-corrected chi connectivity index (χ4v) is 3.69. The van der Waals surface area contributed by atoms with Crippen LogP contribution in [0, 0.1) is 0 Å². The Kier molecular flexibility index (Phi) is 6.68. The highest BCUT2D eigenvalue weighted by Crippen LogP contribution is 2.24. The molecule has 1 aliphatic heterocycles. The van der Waals surface area contributed by atoms with Gasteiger partial charge in [-0.1, -0.05) is 25.7 Å². The molecule has 126 valence electrons. The smallest absolute Gasteiger partial charge is 0.251 e. The molecule has 0 aromatic heterocycles. The van der Waals surface area contributed by atoms with Crippen LogP contribution < -0.4 is 5.73 Å². The zero-order valence-corrected chi connectivity index (χ0v) is 13.8. The van der Waals surface area contributed by atoms with E-state index in [1.165, 1.54) is 25.7 Å². The van der Waals surface area contributed by atoms with Gasteiger partial charge in [-0.25, -0.2) is 0 Å². The number of piperidine rings is 1. The Morgan fingerprint density at radius 2 is 1.73 bits per heavy atom. The monoisotopic (exact) mass is 310 g/mol.